The summed E-state index contributed by atoms with van der Waals surface area (Å²) >= 11 is 0. The van der Waals surface area contributed by atoms with Crippen LogP contribution in [-0.4, -0.2) is 15.6 Å². The second-order valence-corrected chi connectivity index (χ2v) is 4.94. The number of hydrogen-bond acceptors (Lipinski definition) is 4. The molecule has 0 saturated carbocycles. The molecule has 0 unspecified atom stereocenters. The Kier molecular flexibility index (Phi) is 4.38. The van der Waals surface area contributed by atoms with Crippen molar-refractivity contribution in [2.24, 2.45) is 5.41 Å². The monoisotopic (exact) mass is 247 g/mol. The van der Waals surface area contributed by atoms with Crippen molar-refractivity contribution >= 4 is 5.78 Å². The Balaban J connectivity index is 2.74. The van der Waals surface area contributed by atoms with Crippen molar-refractivity contribution in [1.82, 2.24) is 9.78 Å². The lowest BCUT2D eigenvalue weighted by atomic mass is 9.90. The molecule has 18 heavy (non-hydrogen) atoms. The van der Waals surface area contributed by atoms with Gasteiger partial charge < -0.3 is 0 Å². The van der Waals surface area contributed by atoms with Crippen LogP contribution in [0, 0.1) is 16.7 Å². The Hall–Kier alpha value is -1.96. The molecule has 0 aliphatic carbocycles. The Labute approximate surface area is 106 Å². The lowest BCUT2D eigenvalue weighted by Gasteiger charge is -2.14. The molecule has 0 fully saturated rings. The van der Waals surface area contributed by atoms with Crippen molar-refractivity contribution in [2.45, 2.75) is 40.2 Å². The topological polar surface area (TPSA) is 75.8 Å². The molecule has 1 heterocycles. The fourth-order valence-electron chi connectivity index (χ4n) is 1.52. The smallest absolute Gasteiger partial charge is 0.266 e. The van der Waals surface area contributed by atoms with Crippen LogP contribution in [-0.2, 0) is 6.54 Å². The van der Waals surface area contributed by atoms with Gasteiger partial charge in [0.15, 0.2) is 5.78 Å². The minimum absolute atomic E-state index is 0.166. The number of aromatic nitrogens is 2. The van der Waals surface area contributed by atoms with Crippen molar-refractivity contribution in [3.05, 3.63) is 28.2 Å². The van der Waals surface area contributed by atoms with Gasteiger partial charge in [-0.05, 0) is 32.8 Å². The van der Waals surface area contributed by atoms with Crippen LogP contribution in [0.25, 0.3) is 0 Å². The van der Waals surface area contributed by atoms with E-state index in [1.807, 2.05) is 13.8 Å². The number of ketones is 1. The molecule has 0 aromatic carbocycles. The van der Waals surface area contributed by atoms with Crippen LogP contribution in [0.2, 0.25) is 0 Å². The number of carbonyl (C=O) groups is 1. The van der Waals surface area contributed by atoms with E-state index in [-0.39, 0.29) is 17.0 Å². The summed E-state index contributed by atoms with van der Waals surface area (Å²) < 4.78 is 1.28. The zero-order chi connectivity index (χ0) is 13.8. The number of aryl methyl sites for hydroxylation is 1. The van der Waals surface area contributed by atoms with Crippen molar-refractivity contribution in [3.8, 4) is 6.07 Å². The van der Waals surface area contributed by atoms with Crippen LogP contribution < -0.4 is 5.56 Å². The van der Waals surface area contributed by atoms with Gasteiger partial charge >= 0.3 is 0 Å². The predicted octanol–water partition coefficient (Wildman–Crippen LogP) is 1.78. The molecule has 5 heteroatoms. The molecule has 0 N–H and O–H groups in total. The minimum atomic E-state index is -0.401. The van der Waals surface area contributed by atoms with E-state index in [0.29, 0.717) is 19.4 Å². The van der Waals surface area contributed by atoms with Gasteiger partial charge in [-0.3, -0.25) is 9.59 Å². The van der Waals surface area contributed by atoms with E-state index in [2.05, 4.69) is 11.2 Å². The first-order valence-electron chi connectivity index (χ1n) is 5.86. The number of hydrogen-bond donors (Lipinski definition) is 0. The highest BCUT2D eigenvalue weighted by Gasteiger charge is 2.16. The normalized spacial score (nSPS) is 11.0. The van der Waals surface area contributed by atoms with Crippen molar-refractivity contribution < 1.29 is 4.79 Å². The molecule has 0 spiro atoms. The first kappa shape index (κ1) is 14.1. The van der Waals surface area contributed by atoms with E-state index in [1.54, 1.807) is 0 Å². The minimum Gasteiger partial charge on any atom is -0.293 e. The SMILES string of the molecule is CC(=O)c1ccc(=O)n(CCCC(C)(C)C#N)n1. The summed E-state index contributed by atoms with van der Waals surface area (Å²) in [6.07, 6.45) is 1.36. The average molecular weight is 247 g/mol. The fraction of sp³-hybridized carbons (Fsp3) is 0.538. The Morgan fingerprint density at radius 2 is 2.17 bits per heavy atom. The van der Waals surface area contributed by atoms with Gasteiger partial charge in [-0.15, -0.1) is 0 Å². The highest BCUT2D eigenvalue weighted by Crippen LogP contribution is 2.20. The van der Waals surface area contributed by atoms with Crippen LogP contribution in [0.3, 0.4) is 0 Å². The van der Waals surface area contributed by atoms with E-state index < -0.39 is 5.41 Å². The summed E-state index contributed by atoms with van der Waals surface area (Å²) in [6.45, 7) is 5.55. The van der Waals surface area contributed by atoms with Crippen molar-refractivity contribution in [2.75, 3.05) is 0 Å². The first-order valence-corrected chi connectivity index (χ1v) is 5.86. The second kappa shape index (κ2) is 5.58. The van der Waals surface area contributed by atoms with E-state index in [1.165, 1.54) is 23.7 Å². The quantitative estimate of drug-likeness (QED) is 0.743. The summed E-state index contributed by atoms with van der Waals surface area (Å²) in [5.74, 6) is -0.166. The molecule has 0 bridgehead atoms. The van der Waals surface area contributed by atoms with E-state index >= 15 is 0 Å². The molecule has 0 saturated heterocycles. The highest BCUT2D eigenvalue weighted by molar-refractivity contribution is 5.91. The van der Waals surface area contributed by atoms with Gasteiger partial charge in [-0.25, -0.2) is 4.68 Å². The Morgan fingerprint density at radius 3 is 2.72 bits per heavy atom. The van der Waals surface area contributed by atoms with Gasteiger partial charge in [-0.1, -0.05) is 0 Å². The molecular formula is C13H17N3O2. The molecule has 96 valence electrons. The third-order valence-electron chi connectivity index (χ3n) is 2.70. The molecular weight excluding hydrogens is 230 g/mol. The number of nitriles is 1. The summed E-state index contributed by atoms with van der Waals surface area (Å²) in [5.41, 5.74) is -0.342. The number of carbonyl (C=O) groups excluding carboxylic acids is 1. The fourth-order valence-corrected chi connectivity index (χ4v) is 1.52. The lowest BCUT2D eigenvalue weighted by molar-refractivity contribution is 0.101. The van der Waals surface area contributed by atoms with E-state index in [0.717, 1.165) is 0 Å². The third-order valence-corrected chi connectivity index (χ3v) is 2.70. The summed E-state index contributed by atoms with van der Waals surface area (Å²) in [5, 5.41) is 12.9. The van der Waals surface area contributed by atoms with Crippen LogP contribution in [0.4, 0.5) is 0 Å². The summed E-state index contributed by atoms with van der Waals surface area (Å²) in [6, 6.07) is 4.99. The zero-order valence-corrected chi connectivity index (χ0v) is 10.9. The van der Waals surface area contributed by atoms with E-state index in [4.69, 9.17) is 5.26 Å². The predicted molar refractivity (Wildman–Crippen MR) is 67.1 cm³/mol. The van der Waals surface area contributed by atoms with Gasteiger partial charge in [-0.2, -0.15) is 10.4 Å². The number of Topliss-reactive ketones (excluding diaryl/α,β-unsaturated/α-hetero) is 1. The molecule has 1 aromatic heterocycles. The standard InChI is InChI=1S/C13H17N3O2/c1-10(17)11-5-6-12(18)16(15-11)8-4-7-13(2,3)9-14/h5-6H,4,7-8H2,1-3H3. The van der Waals surface area contributed by atoms with Gasteiger partial charge in [0.2, 0.25) is 0 Å². The molecule has 0 aliphatic heterocycles. The largest absolute Gasteiger partial charge is 0.293 e. The molecule has 0 radical (unpaired) electrons. The maximum atomic E-state index is 11.5. The van der Waals surface area contributed by atoms with E-state index in [9.17, 15) is 9.59 Å². The van der Waals surface area contributed by atoms with Crippen LogP contribution >= 0.6 is 0 Å². The molecule has 5 nitrogen and oxygen atoms in total. The summed E-state index contributed by atoms with van der Waals surface area (Å²) in [4.78, 5) is 22.7. The average Bonchev–Trinajstić information content (AvgIpc) is 2.31. The van der Waals surface area contributed by atoms with Gasteiger partial charge in [0.25, 0.3) is 5.56 Å². The highest BCUT2D eigenvalue weighted by atomic mass is 16.1. The Morgan fingerprint density at radius 1 is 1.50 bits per heavy atom. The molecule has 0 aliphatic rings. The molecule has 1 aromatic rings. The van der Waals surface area contributed by atoms with Gasteiger partial charge in [0, 0.05) is 19.5 Å². The number of rotatable bonds is 5. The lowest BCUT2D eigenvalue weighted by Crippen LogP contribution is -2.24. The maximum Gasteiger partial charge on any atom is 0.266 e. The Bertz CT molecular complexity index is 538. The van der Waals surface area contributed by atoms with Crippen LogP contribution in [0.1, 0.15) is 44.1 Å². The maximum absolute atomic E-state index is 11.5. The van der Waals surface area contributed by atoms with Crippen molar-refractivity contribution in [1.29, 1.82) is 5.26 Å². The van der Waals surface area contributed by atoms with Crippen LogP contribution in [0.15, 0.2) is 16.9 Å². The van der Waals surface area contributed by atoms with Crippen molar-refractivity contribution in [3.63, 3.8) is 0 Å². The summed E-state index contributed by atoms with van der Waals surface area (Å²) in [7, 11) is 0. The van der Waals surface area contributed by atoms with Gasteiger partial charge in [0.05, 0.1) is 11.5 Å². The first-order chi connectivity index (χ1) is 8.35. The molecule has 0 atom stereocenters. The molecule has 1 rings (SSSR count). The number of nitrogens with zero attached hydrogens (tertiary/aromatic N) is 3. The molecule has 0 amide bonds. The second-order valence-electron chi connectivity index (χ2n) is 4.94. The zero-order valence-electron chi connectivity index (χ0n) is 10.9. The van der Waals surface area contributed by atoms with Gasteiger partial charge in [0.1, 0.15) is 5.69 Å². The van der Waals surface area contributed by atoms with Crippen LogP contribution in [0.5, 0.6) is 0 Å². The third kappa shape index (κ3) is 3.81.